The van der Waals surface area contributed by atoms with Gasteiger partial charge in [0, 0.05) is 34.0 Å². The van der Waals surface area contributed by atoms with Crippen LogP contribution in [0.5, 0.6) is 0 Å². The van der Waals surface area contributed by atoms with E-state index in [-0.39, 0.29) is 33.2 Å². The molecule has 2 radical (unpaired) electrons. The van der Waals surface area contributed by atoms with Crippen LogP contribution in [0.1, 0.15) is 10.4 Å². The van der Waals surface area contributed by atoms with Crippen LogP contribution in [0, 0.1) is 0 Å². The minimum Gasteiger partial charge on any atom is -0.545 e. The number of hydrogen-bond donors (Lipinski definition) is 0. The van der Waals surface area contributed by atoms with Gasteiger partial charge in [-0.25, -0.2) is 0 Å². The quantitative estimate of drug-likeness (QED) is 0.414. The second-order valence-electron chi connectivity index (χ2n) is 3.29. The third-order valence-electron chi connectivity index (χ3n) is 2.40. The van der Waals surface area contributed by atoms with Crippen LogP contribution in [0.25, 0.3) is 10.6 Å². The van der Waals surface area contributed by atoms with Crippen molar-refractivity contribution >= 4 is 34.3 Å². The molecular weight excluding hydrogens is 425 g/mol. The molecule has 1 aliphatic heterocycles. The predicted octanol–water partition coefficient (Wildman–Crippen LogP) is -1.27. The van der Waals surface area contributed by atoms with Gasteiger partial charge in [0.15, 0.2) is 0 Å². The fourth-order valence-electron chi connectivity index (χ4n) is 1.69. The van der Waals surface area contributed by atoms with Crippen LogP contribution >= 0.6 is 11.9 Å². The number of carbonyl (C=O) groups is 1. The molecule has 1 aliphatic carbocycles. The SMILES string of the molecule is O=C([O-])c1cccc2c1=C=CC1=N[N]SC=21.[Hg+]. The molecular formula is C11H4HgN2O2S. The van der Waals surface area contributed by atoms with Gasteiger partial charge in [-0.2, -0.15) is 0 Å². The van der Waals surface area contributed by atoms with E-state index < -0.39 is 5.97 Å². The predicted molar refractivity (Wildman–Crippen MR) is 58.6 cm³/mol. The number of benzene rings is 1. The Hall–Kier alpha value is -1.03. The van der Waals surface area contributed by atoms with Crippen LogP contribution in [0.3, 0.4) is 0 Å². The zero-order valence-electron chi connectivity index (χ0n) is 8.64. The van der Waals surface area contributed by atoms with E-state index in [1.165, 1.54) is 18.0 Å². The van der Waals surface area contributed by atoms with E-state index in [4.69, 9.17) is 0 Å². The van der Waals surface area contributed by atoms with Crippen LogP contribution in [0.15, 0.2) is 29.4 Å². The van der Waals surface area contributed by atoms with Crippen molar-refractivity contribution in [2.24, 2.45) is 5.10 Å². The Labute approximate surface area is 121 Å². The van der Waals surface area contributed by atoms with E-state index in [0.29, 0.717) is 5.22 Å². The number of allylic oxidation sites excluding steroid dienone is 1. The fourth-order valence-corrected chi connectivity index (χ4v) is 2.36. The topological polar surface area (TPSA) is 66.6 Å². The van der Waals surface area contributed by atoms with Crippen molar-refractivity contribution in [1.82, 2.24) is 4.83 Å². The number of carboxylic acids is 1. The summed E-state index contributed by atoms with van der Waals surface area (Å²) >= 11 is 1.24. The largest absolute Gasteiger partial charge is 1.00 e. The molecule has 0 saturated heterocycles. The summed E-state index contributed by atoms with van der Waals surface area (Å²) < 4.78 is 0. The first-order valence-electron chi connectivity index (χ1n) is 4.54. The van der Waals surface area contributed by atoms with Gasteiger partial charge in [-0.05, 0) is 0 Å². The molecule has 78 valence electrons. The summed E-state index contributed by atoms with van der Waals surface area (Å²) in [5.41, 5.74) is 3.79. The summed E-state index contributed by atoms with van der Waals surface area (Å²) in [4.78, 5) is 15.6. The zero-order valence-corrected chi connectivity index (χ0v) is 14.9. The molecule has 0 atom stereocenters. The van der Waals surface area contributed by atoms with E-state index in [1.54, 1.807) is 12.1 Å². The maximum Gasteiger partial charge on any atom is 1.00 e. The minimum absolute atomic E-state index is 0. The summed E-state index contributed by atoms with van der Waals surface area (Å²) in [6.45, 7) is 0. The Morgan fingerprint density at radius 2 is 2.24 bits per heavy atom. The molecule has 17 heavy (non-hydrogen) atoms. The van der Waals surface area contributed by atoms with Crippen LogP contribution < -0.4 is 20.4 Å². The summed E-state index contributed by atoms with van der Waals surface area (Å²) in [5.74, 6) is -1.20. The van der Waals surface area contributed by atoms with Crippen molar-refractivity contribution in [2.75, 3.05) is 0 Å². The molecule has 4 nitrogen and oxygen atoms in total. The van der Waals surface area contributed by atoms with Crippen molar-refractivity contribution < 1.29 is 37.6 Å². The van der Waals surface area contributed by atoms with E-state index in [0.717, 1.165) is 15.8 Å². The number of carboxylic acid groups (broad SMARTS) is 1. The molecule has 1 aromatic rings. The molecule has 0 N–H and O–H groups in total. The van der Waals surface area contributed by atoms with Gasteiger partial charge in [0.1, 0.15) is 5.71 Å². The number of fused-ring (bicyclic) bond motifs is 2. The van der Waals surface area contributed by atoms with Gasteiger partial charge in [0.2, 0.25) is 0 Å². The molecule has 6 heteroatoms. The summed E-state index contributed by atoms with van der Waals surface area (Å²) in [7, 11) is 0. The zero-order chi connectivity index (χ0) is 11.1. The Bertz CT molecular complexity index is 690. The molecule has 3 rings (SSSR count). The Morgan fingerprint density at radius 3 is 3.00 bits per heavy atom. The second-order valence-corrected chi connectivity index (χ2v) is 4.05. The molecule has 0 fully saturated rings. The van der Waals surface area contributed by atoms with E-state index in [2.05, 4.69) is 15.7 Å². The van der Waals surface area contributed by atoms with Crippen molar-refractivity contribution in [2.45, 2.75) is 0 Å². The Morgan fingerprint density at radius 1 is 1.41 bits per heavy atom. The summed E-state index contributed by atoms with van der Waals surface area (Å²) in [6, 6.07) is 5.02. The maximum atomic E-state index is 10.9. The molecule has 0 unspecified atom stereocenters. The Kier molecular flexibility index (Phi) is 3.42. The van der Waals surface area contributed by atoms with Gasteiger partial charge < -0.3 is 9.90 Å². The van der Waals surface area contributed by atoms with Crippen LogP contribution in [-0.2, 0) is 27.7 Å². The van der Waals surface area contributed by atoms with Crippen molar-refractivity contribution in [3.63, 3.8) is 0 Å². The van der Waals surface area contributed by atoms with Crippen molar-refractivity contribution in [3.05, 3.63) is 40.3 Å². The standard InChI is InChI=1S/C11H5N2O2S.Hg/c14-11(15)8-3-1-2-7-6(8)4-5-9-10(7)16-13-12-9;/h1-3,5H,(H,14,15);/q;+1/p-1. The number of hydrogen-bond acceptors (Lipinski definition) is 4. The number of nitrogens with zero attached hydrogens (tertiary/aromatic N) is 2. The molecule has 0 amide bonds. The van der Waals surface area contributed by atoms with E-state index in [9.17, 15) is 9.90 Å². The number of rotatable bonds is 1. The van der Waals surface area contributed by atoms with Crippen LogP contribution in [0.4, 0.5) is 0 Å². The molecule has 0 bridgehead atoms. The van der Waals surface area contributed by atoms with Crippen molar-refractivity contribution in [3.8, 4) is 0 Å². The minimum atomic E-state index is -1.20. The molecule has 2 aliphatic rings. The monoisotopic (exact) mass is 430 g/mol. The van der Waals surface area contributed by atoms with E-state index in [1.807, 2.05) is 6.07 Å². The molecule has 0 aromatic heterocycles. The average molecular weight is 429 g/mol. The summed E-state index contributed by atoms with van der Waals surface area (Å²) in [5, 5.41) is 16.2. The smallest absolute Gasteiger partial charge is 0.545 e. The molecule has 1 heterocycles. The first kappa shape index (κ1) is 12.4. The third kappa shape index (κ3) is 1.94. The number of aromatic carboxylic acids is 1. The maximum absolute atomic E-state index is 10.9. The van der Waals surface area contributed by atoms with Crippen molar-refractivity contribution in [1.29, 1.82) is 0 Å². The van der Waals surface area contributed by atoms with Gasteiger partial charge >= 0.3 is 27.7 Å². The van der Waals surface area contributed by atoms with Gasteiger partial charge in [-0.3, -0.25) is 0 Å². The van der Waals surface area contributed by atoms with Gasteiger partial charge in [-0.1, -0.05) is 18.2 Å². The van der Waals surface area contributed by atoms with E-state index >= 15 is 0 Å². The average Bonchev–Trinajstić information content (AvgIpc) is 2.76. The molecule has 0 saturated carbocycles. The first-order chi connectivity index (χ1) is 7.77. The van der Waals surface area contributed by atoms with Gasteiger partial charge in [0.05, 0.1) is 10.9 Å². The fraction of sp³-hybridized carbons (Fsp3) is 0. The normalized spacial score (nSPS) is 14.8. The summed E-state index contributed by atoms with van der Waals surface area (Å²) in [6.07, 6.45) is 1.65. The number of carbonyl (C=O) groups excluding carboxylic acids is 1. The third-order valence-corrected chi connectivity index (χ3v) is 3.17. The van der Waals surface area contributed by atoms with Crippen LogP contribution in [0.2, 0.25) is 0 Å². The second kappa shape index (κ2) is 4.68. The Balaban J connectivity index is 0.00000108. The first-order valence-corrected chi connectivity index (χ1v) is 5.31. The van der Waals surface area contributed by atoms with Gasteiger partial charge in [0.25, 0.3) is 0 Å². The molecule has 1 aromatic carbocycles. The molecule has 0 spiro atoms. The van der Waals surface area contributed by atoms with Gasteiger partial charge in [-0.15, -0.1) is 15.7 Å². The van der Waals surface area contributed by atoms with Crippen LogP contribution in [-0.4, -0.2) is 11.7 Å².